The molecule has 1 aliphatic heterocycles. The molecule has 0 bridgehead atoms. The van der Waals surface area contributed by atoms with Crippen LogP contribution in [-0.4, -0.2) is 30.4 Å². The zero-order chi connectivity index (χ0) is 27.5. The van der Waals surface area contributed by atoms with Crippen LogP contribution in [0.25, 0.3) is 21.5 Å². The van der Waals surface area contributed by atoms with E-state index in [1.807, 2.05) is 25.1 Å². The van der Waals surface area contributed by atoms with Gasteiger partial charge >= 0.3 is 5.97 Å². The molecule has 1 unspecified atom stereocenters. The zero-order valence-electron chi connectivity index (χ0n) is 21.9. The fourth-order valence-electron chi connectivity index (χ4n) is 5.24. The van der Waals surface area contributed by atoms with Gasteiger partial charge in [0.2, 0.25) is 6.79 Å². The Hall–Kier alpha value is -4.14. The minimum Gasteiger partial charge on any atom is -0.733 e. The van der Waals surface area contributed by atoms with Crippen molar-refractivity contribution >= 4 is 39.5 Å². The van der Waals surface area contributed by atoms with E-state index in [0.717, 1.165) is 36.5 Å². The van der Waals surface area contributed by atoms with Crippen molar-refractivity contribution in [1.82, 2.24) is 0 Å². The Balaban J connectivity index is 1.62. The molecule has 8 nitrogen and oxygen atoms in total. The van der Waals surface area contributed by atoms with Gasteiger partial charge in [0.15, 0.2) is 11.5 Å². The largest absolute Gasteiger partial charge is 0.733 e. The lowest BCUT2D eigenvalue weighted by molar-refractivity contribution is -0.105. The molecule has 8 heteroatoms. The SMILES string of the molecule is CC1=CCCC(C=O)=CC(OC(=O)c2cc3c(c4c2c(N([O-])O)cc2ccccc24)OCO3)CC(C)=CCC1. The predicted molar refractivity (Wildman–Crippen MR) is 149 cm³/mol. The van der Waals surface area contributed by atoms with Crippen LogP contribution in [0.2, 0.25) is 0 Å². The molecule has 0 radical (unpaired) electrons. The number of hydrogen-bond acceptors (Lipinski definition) is 8. The summed E-state index contributed by atoms with van der Waals surface area (Å²) in [5.74, 6) is 0.0183. The summed E-state index contributed by atoms with van der Waals surface area (Å²) in [6.07, 6.45) is 9.52. The summed E-state index contributed by atoms with van der Waals surface area (Å²) >= 11 is 0. The van der Waals surface area contributed by atoms with Gasteiger partial charge in [-0.3, -0.25) is 10.0 Å². The molecule has 202 valence electrons. The molecule has 0 amide bonds. The molecule has 0 saturated heterocycles. The van der Waals surface area contributed by atoms with Gasteiger partial charge in [0.25, 0.3) is 0 Å². The van der Waals surface area contributed by atoms with Crippen LogP contribution in [0.5, 0.6) is 11.5 Å². The van der Waals surface area contributed by atoms with Gasteiger partial charge in [-0.1, -0.05) is 47.6 Å². The molecular weight excluding hydrogens is 498 g/mol. The number of ether oxygens (including phenoxy) is 3. The third-order valence-electron chi connectivity index (χ3n) is 7.16. The number of esters is 1. The Kier molecular flexibility index (Phi) is 7.67. The highest BCUT2D eigenvalue weighted by Gasteiger charge is 2.28. The van der Waals surface area contributed by atoms with Crippen LogP contribution >= 0.6 is 0 Å². The molecule has 0 spiro atoms. The second kappa shape index (κ2) is 11.3. The first-order valence-corrected chi connectivity index (χ1v) is 13.0. The number of allylic oxidation sites excluding steroid dienone is 4. The van der Waals surface area contributed by atoms with Crippen molar-refractivity contribution in [2.45, 2.75) is 52.1 Å². The Labute approximate surface area is 226 Å². The molecule has 1 heterocycles. The maximum Gasteiger partial charge on any atom is 0.339 e. The van der Waals surface area contributed by atoms with Gasteiger partial charge < -0.3 is 24.6 Å². The van der Waals surface area contributed by atoms with Crippen LogP contribution in [0.3, 0.4) is 0 Å². The molecule has 3 aromatic carbocycles. The van der Waals surface area contributed by atoms with E-state index in [1.165, 1.54) is 17.7 Å². The average molecular weight is 529 g/mol. The third kappa shape index (κ3) is 5.53. The minimum absolute atomic E-state index is 0.0479. The van der Waals surface area contributed by atoms with Crippen molar-refractivity contribution in [1.29, 1.82) is 0 Å². The molecule has 5 rings (SSSR count). The van der Waals surface area contributed by atoms with Crippen molar-refractivity contribution in [3.05, 3.63) is 82.1 Å². The molecule has 2 aliphatic rings. The molecule has 39 heavy (non-hydrogen) atoms. The summed E-state index contributed by atoms with van der Waals surface area (Å²) in [5.41, 5.74) is 2.80. The van der Waals surface area contributed by atoms with Gasteiger partial charge in [-0.15, -0.1) is 0 Å². The quantitative estimate of drug-likeness (QED) is 0.128. The van der Waals surface area contributed by atoms with Crippen LogP contribution in [0.15, 0.2) is 71.3 Å². The first-order valence-electron chi connectivity index (χ1n) is 13.0. The van der Waals surface area contributed by atoms with E-state index in [1.54, 1.807) is 12.1 Å². The first-order chi connectivity index (χ1) is 18.9. The Morgan fingerprint density at radius 2 is 1.85 bits per heavy atom. The monoisotopic (exact) mass is 528 g/mol. The van der Waals surface area contributed by atoms with Crippen LogP contribution < -0.4 is 14.7 Å². The summed E-state index contributed by atoms with van der Waals surface area (Å²) in [6.45, 7) is 4.02. The smallest absolute Gasteiger partial charge is 0.339 e. The number of hydrogen-bond donors (Lipinski definition) is 1. The number of carbonyl (C=O) groups is 2. The summed E-state index contributed by atoms with van der Waals surface area (Å²) in [4.78, 5) is 25.6. The van der Waals surface area contributed by atoms with E-state index in [4.69, 9.17) is 14.2 Å². The second-order valence-electron chi connectivity index (χ2n) is 9.98. The number of rotatable bonds is 4. The molecule has 1 atom stereocenters. The van der Waals surface area contributed by atoms with E-state index in [0.29, 0.717) is 40.7 Å². The summed E-state index contributed by atoms with van der Waals surface area (Å²) in [6, 6.07) is 10.3. The standard InChI is InChI=1S/C31H30NO7/c1-19-7-5-9-20(2)13-23(14-21(17-33)10-6-8-19)39-31(34)25-16-27-30(38-18-37-27)29-24-12-4-3-11-22(24)15-26(28(25)29)32(35)36/h3-4,8-9,11-12,14-17,23,35H,5-7,10,13,18H2,1-2H3/q-1. The van der Waals surface area contributed by atoms with E-state index < -0.39 is 12.1 Å². The fourth-order valence-corrected chi connectivity index (χ4v) is 5.24. The molecule has 1 aliphatic carbocycles. The van der Waals surface area contributed by atoms with Crippen LogP contribution in [0, 0.1) is 5.21 Å². The van der Waals surface area contributed by atoms with E-state index in [-0.39, 0.29) is 28.7 Å². The normalized spacial score (nSPS) is 17.9. The van der Waals surface area contributed by atoms with Crippen molar-refractivity contribution in [3.63, 3.8) is 0 Å². The third-order valence-corrected chi connectivity index (χ3v) is 7.16. The number of fused-ring (bicyclic) bond motifs is 5. The average Bonchev–Trinajstić information content (AvgIpc) is 3.39. The fraction of sp³-hybridized carbons (Fsp3) is 0.290. The lowest BCUT2D eigenvalue weighted by atomic mass is 9.95. The van der Waals surface area contributed by atoms with Crippen LogP contribution in [-0.2, 0) is 9.53 Å². The van der Waals surface area contributed by atoms with Gasteiger partial charge in [-0.2, -0.15) is 0 Å². The van der Waals surface area contributed by atoms with E-state index in [2.05, 4.69) is 19.1 Å². The summed E-state index contributed by atoms with van der Waals surface area (Å²) in [5, 5.41) is 24.2. The molecule has 3 aromatic rings. The highest BCUT2D eigenvalue weighted by atomic mass is 16.8. The van der Waals surface area contributed by atoms with Crippen molar-refractivity contribution in [2.24, 2.45) is 0 Å². The number of nitrogens with zero attached hydrogens (tertiary/aromatic N) is 1. The van der Waals surface area contributed by atoms with Crippen LogP contribution in [0.1, 0.15) is 56.3 Å². The maximum atomic E-state index is 13.8. The lowest BCUT2D eigenvalue weighted by Gasteiger charge is -2.26. The van der Waals surface area contributed by atoms with Gasteiger partial charge in [0.1, 0.15) is 12.4 Å². The molecule has 1 N–H and O–H groups in total. The predicted octanol–water partition coefficient (Wildman–Crippen LogP) is 6.92. The van der Waals surface area contributed by atoms with Crippen molar-refractivity contribution in [2.75, 3.05) is 12.0 Å². The number of aldehydes is 1. The summed E-state index contributed by atoms with van der Waals surface area (Å²) < 4.78 is 17.4. The van der Waals surface area contributed by atoms with E-state index >= 15 is 0 Å². The van der Waals surface area contributed by atoms with Gasteiger partial charge in [0.05, 0.1) is 11.3 Å². The molecule has 0 aromatic heterocycles. The zero-order valence-corrected chi connectivity index (χ0v) is 21.9. The maximum absolute atomic E-state index is 13.8. The Bertz CT molecular complexity index is 1530. The Morgan fingerprint density at radius 3 is 2.64 bits per heavy atom. The first kappa shape index (κ1) is 26.5. The van der Waals surface area contributed by atoms with Gasteiger partial charge in [0, 0.05) is 17.2 Å². The lowest BCUT2D eigenvalue weighted by Crippen LogP contribution is -2.19. The highest BCUT2D eigenvalue weighted by molar-refractivity contribution is 6.22. The number of anilines is 1. The Morgan fingerprint density at radius 1 is 1.08 bits per heavy atom. The number of benzene rings is 3. The van der Waals surface area contributed by atoms with Gasteiger partial charge in [-0.25, -0.2) is 4.79 Å². The molecule has 0 fully saturated rings. The van der Waals surface area contributed by atoms with Crippen molar-refractivity contribution in [3.8, 4) is 11.5 Å². The second-order valence-corrected chi connectivity index (χ2v) is 9.98. The molecular formula is C31H30NO7-. The van der Waals surface area contributed by atoms with Crippen molar-refractivity contribution < 1.29 is 29.0 Å². The topological polar surface area (TPSA) is 108 Å². The highest BCUT2D eigenvalue weighted by Crippen LogP contribution is 2.48. The summed E-state index contributed by atoms with van der Waals surface area (Å²) in [7, 11) is 0. The minimum atomic E-state index is -0.709. The van der Waals surface area contributed by atoms with Crippen LogP contribution in [0.4, 0.5) is 5.69 Å². The van der Waals surface area contributed by atoms with E-state index in [9.17, 15) is 20.0 Å². The molecule has 0 saturated carbocycles. The number of carbonyl (C=O) groups excluding carboxylic acids is 2. The van der Waals surface area contributed by atoms with Gasteiger partial charge in [-0.05, 0) is 74.1 Å².